The van der Waals surface area contributed by atoms with Gasteiger partial charge < -0.3 is 15.6 Å². The van der Waals surface area contributed by atoms with Gasteiger partial charge in [-0.15, -0.1) is 11.3 Å². The van der Waals surface area contributed by atoms with Gasteiger partial charge in [0.2, 0.25) is 0 Å². The first-order chi connectivity index (χ1) is 12.3. The highest BCUT2D eigenvalue weighted by atomic mass is 32.1. The monoisotopic (exact) mass is 375 g/mol. The first-order valence-electron chi connectivity index (χ1n) is 8.96. The number of hydrogen-bond donors (Lipinski definition) is 2. The zero-order chi connectivity index (χ0) is 19.2. The molecule has 3 N–H and O–H groups in total. The van der Waals surface area contributed by atoms with Crippen molar-refractivity contribution in [2.45, 2.75) is 51.7 Å². The van der Waals surface area contributed by atoms with Crippen molar-refractivity contribution in [2.75, 3.05) is 13.2 Å². The molecule has 0 aliphatic rings. The van der Waals surface area contributed by atoms with E-state index in [-0.39, 0.29) is 19.0 Å². The molecule has 0 aliphatic heterocycles. The lowest BCUT2D eigenvalue weighted by Crippen LogP contribution is -2.45. The largest absolute Gasteiger partial charge is 0.394 e. The van der Waals surface area contributed by atoms with Gasteiger partial charge in [-0.25, -0.2) is 0 Å². The van der Waals surface area contributed by atoms with Crippen LogP contribution >= 0.6 is 11.3 Å². The standard InChI is InChI=1S/C21H29NO3S/c1-15-9-10-17(12-16(15)2)6-4-7-18(24)20(19-8-5-11-26-19)25-14-21(3,22)13-23/h5,8-12,20,23H,4,6-7,13-14,22H2,1-3H3/t20-,21?/m0/s1. The molecule has 5 heteroatoms. The van der Waals surface area contributed by atoms with Crippen LogP contribution in [-0.4, -0.2) is 29.6 Å². The first kappa shape index (κ1) is 20.8. The van der Waals surface area contributed by atoms with Gasteiger partial charge >= 0.3 is 0 Å². The number of carbonyl (C=O) groups is 1. The van der Waals surface area contributed by atoms with E-state index in [0.29, 0.717) is 6.42 Å². The molecule has 0 fully saturated rings. The van der Waals surface area contributed by atoms with Crippen molar-refractivity contribution in [3.8, 4) is 0 Å². The minimum Gasteiger partial charge on any atom is -0.394 e. The summed E-state index contributed by atoms with van der Waals surface area (Å²) in [5.41, 5.74) is 8.90. The molecule has 1 aromatic carbocycles. The average Bonchev–Trinajstić information content (AvgIpc) is 3.12. The van der Waals surface area contributed by atoms with Crippen molar-refractivity contribution < 1.29 is 14.6 Å². The maximum Gasteiger partial charge on any atom is 0.166 e. The Morgan fingerprint density at radius 3 is 2.69 bits per heavy atom. The zero-order valence-corrected chi connectivity index (χ0v) is 16.6. The number of ketones is 1. The lowest BCUT2D eigenvalue weighted by molar-refractivity contribution is -0.132. The molecule has 0 amide bonds. The van der Waals surface area contributed by atoms with E-state index in [2.05, 4.69) is 32.0 Å². The Hall–Kier alpha value is -1.53. The number of aryl methyl sites for hydroxylation is 3. The number of ether oxygens (including phenoxy) is 1. The zero-order valence-electron chi connectivity index (χ0n) is 15.8. The molecule has 2 aromatic rings. The fourth-order valence-electron chi connectivity index (χ4n) is 2.65. The molecule has 1 unspecified atom stereocenters. The third kappa shape index (κ3) is 6.02. The number of rotatable bonds is 10. The molecule has 0 saturated heterocycles. The average molecular weight is 376 g/mol. The van der Waals surface area contributed by atoms with Crippen LogP contribution in [0.3, 0.4) is 0 Å². The molecule has 1 heterocycles. The van der Waals surface area contributed by atoms with Crippen molar-refractivity contribution >= 4 is 17.1 Å². The molecule has 142 valence electrons. The number of nitrogens with two attached hydrogens (primary N) is 1. The van der Waals surface area contributed by atoms with E-state index >= 15 is 0 Å². The van der Waals surface area contributed by atoms with E-state index in [4.69, 9.17) is 10.5 Å². The van der Waals surface area contributed by atoms with Gasteiger partial charge in [0.1, 0.15) is 6.10 Å². The molecule has 0 spiro atoms. The van der Waals surface area contributed by atoms with Crippen molar-refractivity contribution in [3.63, 3.8) is 0 Å². The van der Waals surface area contributed by atoms with Crippen LogP contribution in [0.5, 0.6) is 0 Å². The highest BCUT2D eigenvalue weighted by molar-refractivity contribution is 7.10. The van der Waals surface area contributed by atoms with Crippen molar-refractivity contribution in [3.05, 3.63) is 57.3 Å². The van der Waals surface area contributed by atoms with Crippen LogP contribution in [0.15, 0.2) is 35.7 Å². The van der Waals surface area contributed by atoms with E-state index in [9.17, 15) is 9.90 Å². The van der Waals surface area contributed by atoms with Crippen LogP contribution in [0, 0.1) is 13.8 Å². The summed E-state index contributed by atoms with van der Waals surface area (Å²) in [5.74, 6) is 0.0602. The van der Waals surface area contributed by atoms with Gasteiger partial charge in [0.25, 0.3) is 0 Å². The Kier molecular flexibility index (Phi) is 7.53. The lowest BCUT2D eigenvalue weighted by Gasteiger charge is -2.24. The van der Waals surface area contributed by atoms with Crippen molar-refractivity contribution in [1.82, 2.24) is 0 Å². The number of Topliss-reactive ketones (excluding diaryl/α,β-unsaturated/α-hetero) is 1. The van der Waals surface area contributed by atoms with Crippen LogP contribution in [0.1, 0.15) is 47.4 Å². The summed E-state index contributed by atoms with van der Waals surface area (Å²) in [4.78, 5) is 13.6. The van der Waals surface area contributed by atoms with Crippen molar-refractivity contribution in [1.29, 1.82) is 0 Å². The van der Waals surface area contributed by atoms with Crippen molar-refractivity contribution in [2.24, 2.45) is 5.73 Å². The fraction of sp³-hybridized carbons (Fsp3) is 0.476. The second-order valence-electron chi connectivity index (χ2n) is 7.26. The molecule has 0 saturated carbocycles. The Morgan fingerprint density at radius 1 is 1.31 bits per heavy atom. The molecule has 0 bridgehead atoms. The fourth-order valence-corrected chi connectivity index (χ4v) is 3.44. The van der Waals surface area contributed by atoms with Gasteiger partial charge in [0.15, 0.2) is 5.78 Å². The summed E-state index contributed by atoms with van der Waals surface area (Å²) in [6.07, 6.45) is 1.50. The minimum absolute atomic E-state index is 0.0602. The number of thiophene rings is 1. The topological polar surface area (TPSA) is 72.5 Å². The smallest absolute Gasteiger partial charge is 0.166 e. The number of carbonyl (C=O) groups excluding carboxylic acids is 1. The second-order valence-corrected chi connectivity index (χ2v) is 8.24. The minimum atomic E-state index is -0.852. The van der Waals surface area contributed by atoms with Crippen LogP contribution in [0.4, 0.5) is 0 Å². The highest BCUT2D eigenvalue weighted by Crippen LogP contribution is 2.26. The molecule has 2 atom stereocenters. The molecule has 0 aliphatic carbocycles. The van der Waals surface area contributed by atoms with Gasteiger partial charge in [0, 0.05) is 11.3 Å². The maximum absolute atomic E-state index is 12.7. The van der Waals surface area contributed by atoms with E-state index in [1.165, 1.54) is 28.0 Å². The first-order valence-corrected chi connectivity index (χ1v) is 9.84. The molecular formula is C21H29NO3S. The summed E-state index contributed by atoms with van der Waals surface area (Å²) in [6, 6.07) is 10.3. The summed E-state index contributed by atoms with van der Waals surface area (Å²) in [5, 5.41) is 11.2. The third-order valence-electron chi connectivity index (χ3n) is 4.49. The lowest BCUT2D eigenvalue weighted by atomic mass is 10.00. The summed E-state index contributed by atoms with van der Waals surface area (Å²) >= 11 is 1.50. The van der Waals surface area contributed by atoms with Crippen LogP contribution < -0.4 is 5.73 Å². The van der Waals surface area contributed by atoms with Gasteiger partial charge in [-0.2, -0.15) is 0 Å². The summed E-state index contributed by atoms with van der Waals surface area (Å²) in [7, 11) is 0. The van der Waals surface area contributed by atoms with Gasteiger partial charge in [-0.3, -0.25) is 4.79 Å². The predicted molar refractivity (Wildman–Crippen MR) is 107 cm³/mol. The normalized spacial score (nSPS) is 14.8. The molecular weight excluding hydrogens is 346 g/mol. The Labute approximate surface area is 160 Å². The van der Waals surface area contributed by atoms with Crippen LogP contribution in [0.2, 0.25) is 0 Å². The van der Waals surface area contributed by atoms with E-state index < -0.39 is 11.6 Å². The molecule has 26 heavy (non-hydrogen) atoms. The highest BCUT2D eigenvalue weighted by Gasteiger charge is 2.26. The Morgan fingerprint density at radius 2 is 2.08 bits per heavy atom. The quantitative estimate of drug-likeness (QED) is 0.664. The van der Waals surface area contributed by atoms with E-state index in [0.717, 1.165) is 17.7 Å². The second kappa shape index (κ2) is 9.42. The molecule has 4 nitrogen and oxygen atoms in total. The molecule has 0 radical (unpaired) electrons. The summed E-state index contributed by atoms with van der Waals surface area (Å²) in [6.45, 7) is 5.86. The van der Waals surface area contributed by atoms with Crippen LogP contribution in [-0.2, 0) is 16.0 Å². The van der Waals surface area contributed by atoms with E-state index in [1.807, 2.05) is 17.5 Å². The molecule has 2 rings (SSSR count). The maximum atomic E-state index is 12.7. The number of aliphatic hydroxyl groups excluding tert-OH is 1. The number of benzene rings is 1. The third-order valence-corrected chi connectivity index (χ3v) is 5.41. The van der Waals surface area contributed by atoms with Crippen LogP contribution in [0.25, 0.3) is 0 Å². The SMILES string of the molecule is Cc1ccc(CCCC(=O)[C@H](OCC(C)(N)CO)c2cccs2)cc1C. The Balaban J connectivity index is 1.94. The van der Waals surface area contributed by atoms with E-state index in [1.54, 1.807) is 6.92 Å². The van der Waals surface area contributed by atoms with Gasteiger partial charge in [0.05, 0.1) is 18.8 Å². The number of aliphatic hydroxyl groups is 1. The van der Waals surface area contributed by atoms with Gasteiger partial charge in [-0.05, 0) is 61.7 Å². The summed E-state index contributed by atoms with van der Waals surface area (Å²) < 4.78 is 5.82. The van der Waals surface area contributed by atoms with Gasteiger partial charge in [-0.1, -0.05) is 24.3 Å². The predicted octanol–water partition coefficient (Wildman–Crippen LogP) is 3.72. The Bertz CT molecular complexity index is 710. The number of hydrogen-bond acceptors (Lipinski definition) is 5. The molecule has 1 aromatic heterocycles.